The molecule has 27 heavy (non-hydrogen) atoms. The molecular formula is C19H21ClN2O5. The predicted molar refractivity (Wildman–Crippen MR) is 102 cm³/mol. The highest BCUT2D eigenvalue weighted by Crippen LogP contribution is 2.22. The van der Waals surface area contributed by atoms with E-state index in [2.05, 4.69) is 4.98 Å². The predicted octanol–water partition coefficient (Wildman–Crippen LogP) is 4.25. The van der Waals surface area contributed by atoms with Crippen LogP contribution in [0.25, 0.3) is 0 Å². The van der Waals surface area contributed by atoms with Gasteiger partial charge >= 0.3 is 12.1 Å². The molecule has 0 unspecified atom stereocenters. The molecule has 0 fully saturated rings. The van der Waals surface area contributed by atoms with E-state index >= 15 is 0 Å². The summed E-state index contributed by atoms with van der Waals surface area (Å²) in [5.41, 5.74) is -0.639. The van der Waals surface area contributed by atoms with Crippen molar-refractivity contribution in [3.8, 4) is 5.75 Å². The molecule has 0 atom stereocenters. The zero-order valence-electron chi connectivity index (χ0n) is 15.3. The summed E-state index contributed by atoms with van der Waals surface area (Å²) >= 11 is 5.92. The van der Waals surface area contributed by atoms with Crippen LogP contribution in [0.1, 0.15) is 31.1 Å². The first-order valence-electron chi connectivity index (χ1n) is 8.24. The van der Waals surface area contributed by atoms with E-state index in [4.69, 9.17) is 26.2 Å². The van der Waals surface area contributed by atoms with Gasteiger partial charge in [-0.15, -0.1) is 0 Å². The lowest BCUT2D eigenvalue weighted by atomic mass is 10.2. The van der Waals surface area contributed by atoms with Gasteiger partial charge in [0.25, 0.3) is 0 Å². The van der Waals surface area contributed by atoms with Crippen LogP contribution in [-0.4, -0.2) is 40.9 Å². The van der Waals surface area contributed by atoms with Gasteiger partial charge in [-0.25, -0.2) is 14.6 Å². The quantitative estimate of drug-likeness (QED) is 0.790. The number of rotatable bonds is 6. The minimum absolute atomic E-state index is 0.0197. The number of hydrogen-bond acceptors (Lipinski definition) is 5. The lowest BCUT2D eigenvalue weighted by Gasteiger charge is -2.26. The molecule has 0 saturated heterocycles. The van der Waals surface area contributed by atoms with Crippen molar-refractivity contribution < 1.29 is 24.2 Å². The van der Waals surface area contributed by atoms with Gasteiger partial charge in [0.1, 0.15) is 23.8 Å². The summed E-state index contributed by atoms with van der Waals surface area (Å²) in [5, 5.41) is 9.33. The number of pyridine rings is 1. The number of ether oxygens (including phenoxy) is 2. The number of amides is 1. The third-order valence-electron chi connectivity index (χ3n) is 3.24. The molecule has 1 amide bonds. The van der Waals surface area contributed by atoms with Crippen molar-refractivity contribution in [2.75, 3.05) is 18.1 Å². The molecule has 1 aromatic heterocycles. The number of carbonyl (C=O) groups excluding carboxylic acids is 1. The molecule has 0 bridgehead atoms. The Labute approximate surface area is 162 Å². The van der Waals surface area contributed by atoms with Crippen LogP contribution in [0.5, 0.6) is 5.75 Å². The number of carboxylic acid groups (broad SMARTS) is 1. The van der Waals surface area contributed by atoms with Gasteiger partial charge in [0.2, 0.25) is 0 Å². The lowest BCUT2D eigenvalue weighted by molar-refractivity contribution is 0.0573. The normalized spacial score (nSPS) is 11.0. The molecule has 0 aliphatic carbocycles. The van der Waals surface area contributed by atoms with Crippen molar-refractivity contribution in [2.45, 2.75) is 26.4 Å². The molecule has 1 aromatic carbocycles. The number of halogens is 1. The summed E-state index contributed by atoms with van der Waals surface area (Å²) in [7, 11) is 0. The van der Waals surface area contributed by atoms with E-state index in [-0.39, 0.29) is 23.7 Å². The molecular weight excluding hydrogens is 372 g/mol. The fraction of sp³-hybridized carbons (Fsp3) is 0.316. The first-order chi connectivity index (χ1) is 12.7. The van der Waals surface area contributed by atoms with Crippen LogP contribution >= 0.6 is 11.6 Å². The number of anilines is 1. The Morgan fingerprint density at radius 2 is 1.96 bits per heavy atom. The summed E-state index contributed by atoms with van der Waals surface area (Å²) in [6.45, 7) is 5.57. The molecule has 7 nitrogen and oxygen atoms in total. The molecule has 0 aliphatic rings. The zero-order valence-corrected chi connectivity index (χ0v) is 16.1. The first kappa shape index (κ1) is 20.5. The molecule has 1 N–H and O–H groups in total. The third kappa shape index (κ3) is 6.45. The van der Waals surface area contributed by atoms with Crippen LogP contribution in [0, 0.1) is 0 Å². The Bertz CT molecular complexity index is 805. The van der Waals surface area contributed by atoms with Crippen LogP contribution in [0.3, 0.4) is 0 Å². The summed E-state index contributed by atoms with van der Waals surface area (Å²) < 4.78 is 11.0. The van der Waals surface area contributed by atoms with Gasteiger partial charge < -0.3 is 14.6 Å². The number of carboxylic acids is 1. The maximum atomic E-state index is 12.5. The van der Waals surface area contributed by atoms with Crippen molar-refractivity contribution in [1.29, 1.82) is 0 Å². The highest BCUT2D eigenvalue weighted by atomic mass is 35.5. The average molecular weight is 393 g/mol. The number of aromatic carboxylic acids is 1. The van der Waals surface area contributed by atoms with Crippen LogP contribution in [-0.2, 0) is 4.74 Å². The number of benzene rings is 1. The Balaban J connectivity index is 2.10. The van der Waals surface area contributed by atoms with Gasteiger partial charge in [-0.1, -0.05) is 17.7 Å². The van der Waals surface area contributed by atoms with Gasteiger partial charge in [0.15, 0.2) is 0 Å². The number of aromatic nitrogens is 1. The summed E-state index contributed by atoms with van der Waals surface area (Å²) in [5.74, 6) is -0.385. The molecule has 1 heterocycles. The zero-order chi connectivity index (χ0) is 20.0. The van der Waals surface area contributed by atoms with Crippen molar-refractivity contribution in [3.05, 3.63) is 53.2 Å². The number of carbonyl (C=O) groups is 2. The Kier molecular flexibility index (Phi) is 6.63. The first-order valence-corrected chi connectivity index (χ1v) is 8.62. The number of nitrogens with zero attached hydrogens (tertiary/aromatic N) is 2. The molecule has 144 valence electrons. The summed E-state index contributed by atoms with van der Waals surface area (Å²) in [6, 6.07) is 9.40. The van der Waals surface area contributed by atoms with Gasteiger partial charge in [-0.3, -0.25) is 4.90 Å². The average Bonchev–Trinajstić information content (AvgIpc) is 2.57. The maximum Gasteiger partial charge on any atom is 0.416 e. The molecule has 2 rings (SSSR count). The van der Waals surface area contributed by atoms with Crippen LogP contribution in [0.4, 0.5) is 10.6 Å². The highest BCUT2D eigenvalue weighted by Gasteiger charge is 2.24. The number of hydrogen-bond donors (Lipinski definition) is 1. The Morgan fingerprint density at radius 3 is 2.56 bits per heavy atom. The highest BCUT2D eigenvalue weighted by molar-refractivity contribution is 6.31. The van der Waals surface area contributed by atoms with Gasteiger partial charge in [0, 0.05) is 11.2 Å². The van der Waals surface area contributed by atoms with E-state index in [1.165, 1.54) is 23.1 Å². The standard InChI is InChI=1S/C19H21ClN2O5/c1-19(2,3)27-18(25)22(16-6-4-5-7-21-16)8-9-26-15-11-13(17(23)24)10-14(20)12-15/h4-7,10-12H,8-9H2,1-3H3,(H,23,24). The SMILES string of the molecule is CC(C)(C)OC(=O)N(CCOc1cc(Cl)cc(C(=O)O)c1)c1ccccn1. The summed E-state index contributed by atoms with van der Waals surface area (Å²) in [4.78, 5) is 29.1. The maximum absolute atomic E-state index is 12.5. The molecule has 0 aliphatic heterocycles. The van der Waals surface area contributed by atoms with Crippen LogP contribution in [0.2, 0.25) is 5.02 Å². The van der Waals surface area contributed by atoms with E-state index in [9.17, 15) is 9.59 Å². The minimum atomic E-state index is -1.11. The monoisotopic (exact) mass is 392 g/mol. The fourth-order valence-electron chi connectivity index (χ4n) is 2.15. The largest absolute Gasteiger partial charge is 0.492 e. The van der Waals surface area contributed by atoms with E-state index in [0.29, 0.717) is 11.6 Å². The van der Waals surface area contributed by atoms with Crippen molar-refractivity contribution in [3.63, 3.8) is 0 Å². The van der Waals surface area contributed by atoms with Gasteiger partial charge in [-0.05, 0) is 51.1 Å². The molecule has 2 aromatic rings. The van der Waals surface area contributed by atoms with Gasteiger partial charge in [-0.2, -0.15) is 0 Å². The minimum Gasteiger partial charge on any atom is -0.492 e. The van der Waals surface area contributed by atoms with E-state index in [1.807, 2.05) is 0 Å². The second-order valence-electron chi connectivity index (χ2n) is 6.65. The van der Waals surface area contributed by atoms with Gasteiger partial charge in [0.05, 0.1) is 12.1 Å². The smallest absolute Gasteiger partial charge is 0.416 e. The van der Waals surface area contributed by atoms with E-state index in [0.717, 1.165) is 0 Å². The second kappa shape index (κ2) is 8.73. The van der Waals surface area contributed by atoms with Crippen LogP contribution < -0.4 is 9.64 Å². The van der Waals surface area contributed by atoms with Crippen LogP contribution in [0.15, 0.2) is 42.6 Å². The summed E-state index contributed by atoms with van der Waals surface area (Å²) in [6.07, 6.45) is 1.02. The van der Waals surface area contributed by atoms with Crippen molar-refractivity contribution in [2.24, 2.45) is 0 Å². The Hall–Kier alpha value is -2.80. The fourth-order valence-corrected chi connectivity index (χ4v) is 2.38. The van der Waals surface area contributed by atoms with E-state index in [1.54, 1.807) is 45.2 Å². The molecule has 0 saturated carbocycles. The third-order valence-corrected chi connectivity index (χ3v) is 3.46. The lowest BCUT2D eigenvalue weighted by Crippen LogP contribution is -2.39. The Morgan fingerprint density at radius 1 is 1.22 bits per heavy atom. The molecule has 0 spiro atoms. The second-order valence-corrected chi connectivity index (χ2v) is 7.09. The topological polar surface area (TPSA) is 89.0 Å². The molecule has 0 radical (unpaired) electrons. The van der Waals surface area contributed by atoms with Crippen molar-refractivity contribution in [1.82, 2.24) is 4.98 Å². The van der Waals surface area contributed by atoms with E-state index < -0.39 is 17.7 Å². The van der Waals surface area contributed by atoms with Crippen molar-refractivity contribution >= 4 is 29.5 Å². The molecule has 8 heteroatoms.